The van der Waals surface area contributed by atoms with Gasteiger partial charge in [0.05, 0.1) is 5.69 Å². The minimum Gasteiger partial charge on any atom is -0.306 e. The molecule has 1 saturated carbocycles. The van der Waals surface area contributed by atoms with Gasteiger partial charge in [0.1, 0.15) is 0 Å². The largest absolute Gasteiger partial charge is 0.306 e. The van der Waals surface area contributed by atoms with Crippen molar-refractivity contribution in [1.82, 2.24) is 10.3 Å². The van der Waals surface area contributed by atoms with Crippen LogP contribution in [0, 0.1) is 5.92 Å². The third-order valence-electron chi connectivity index (χ3n) is 4.03. The van der Waals surface area contributed by atoms with Crippen LogP contribution in [0.3, 0.4) is 0 Å². The molecule has 1 N–H and O–H groups in total. The fourth-order valence-corrected chi connectivity index (χ4v) is 2.95. The lowest BCUT2D eigenvalue weighted by Gasteiger charge is -2.33. The average Bonchev–Trinajstić information content (AvgIpc) is 2.40. The molecule has 2 nitrogen and oxygen atoms in total. The molecule has 2 heteroatoms. The third kappa shape index (κ3) is 3.29. The van der Waals surface area contributed by atoms with Crippen LogP contribution in [0.2, 0.25) is 0 Å². The normalized spacial score (nSPS) is 26.7. The van der Waals surface area contributed by atoms with Crippen LogP contribution in [0.15, 0.2) is 24.4 Å². The molecule has 0 amide bonds. The van der Waals surface area contributed by atoms with Crippen molar-refractivity contribution in [2.45, 2.75) is 58.0 Å². The number of hydrogen-bond acceptors (Lipinski definition) is 2. The van der Waals surface area contributed by atoms with Crippen molar-refractivity contribution in [2.75, 3.05) is 0 Å². The molecule has 2 unspecified atom stereocenters. The van der Waals surface area contributed by atoms with Crippen LogP contribution in [-0.4, -0.2) is 11.0 Å². The lowest BCUT2D eigenvalue weighted by molar-refractivity contribution is 0.239. The second-order valence-corrected chi connectivity index (χ2v) is 5.20. The molecule has 2 rings (SSSR count). The molecule has 0 saturated heterocycles. The Morgan fingerprint density at radius 3 is 2.88 bits per heavy atom. The molecule has 0 bridgehead atoms. The molecular weight excluding hydrogens is 208 g/mol. The summed E-state index contributed by atoms with van der Waals surface area (Å²) in [5, 5.41) is 3.77. The van der Waals surface area contributed by atoms with Gasteiger partial charge in [0.2, 0.25) is 0 Å². The Balaban J connectivity index is 1.95. The first-order valence-corrected chi connectivity index (χ1v) is 6.98. The summed E-state index contributed by atoms with van der Waals surface area (Å²) < 4.78 is 0. The van der Waals surface area contributed by atoms with Crippen molar-refractivity contribution >= 4 is 0 Å². The summed E-state index contributed by atoms with van der Waals surface area (Å²) in [5.74, 6) is 0.856. The highest BCUT2D eigenvalue weighted by Gasteiger charge is 2.25. The Bertz CT molecular complexity index is 323. The summed E-state index contributed by atoms with van der Waals surface area (Å²) in [7, 11) is 0. The van der Waals surface area contributed by atoms with Gasteiger partial charge in [-0.25, -0.2) is 0 Å². The summed E-state index contributed by atoms with van der Waals surface area (Å²) in [4.78, 5) is 4.43. The van der Waals surface area contributed by atoms with Crippen LogP contribution in [0.5, 0.6) is 0 Å². The molecule has 0 radical (unpaired) electrons. The van der Waals surface area contributed by atoms with Gasteiger partial charge < -0.3 is 5.32 Å². The van der Waals surface area contributed by atoms with Gasteiger partial charge in [-0.3, -0.25) is 4.98 Å². The molecule has 17 heavy (non-hydrogen) atoms. The molecule has 1 aromatic heterocycles. The molecule has 0 aliphatic heterocycles. The lowest BCUT2D eigenvalue weighted by Crippen LogP contribution is -2.39. The van der Waals surface area contributed by atoms with Gasteiger partial charge in [-0.05, 0) is 37.8 Å². The van der Waals surface area contributed by atoms with Crippen LogP contribution in [0.25, 0.3) is 0 Å². The van der Waals surface area contributed by atoms with Crippen LogP contribution in [0.4, 0.5) is 0 Å². The molecule has 94 valence electrons. The van der Waals surface area contributed by atoms with Crippen LogP contribution < -0.4 is 5.32 Å². The highest BCUT2D eigenvalue weighted by Crippen LogP contribution is 2.28. The minimum absolute atomic E-state index is 0.369. The maximum atomic E-state index is 4.43. The Morgan fingerprint density at radius 1 is 1.35 bits per heavy atom. The second-order valence-electron chi connectivity index (χ2n) is 5.20. The van der Waals surface area contributed by atoms with E-state index < -0.39 is 0 Å². The first-order chi connectivity index (χ1) is 8.31. The highest BCUT2D eigenvalue weighted by molar-refractivity contribution is 5.08. The van der Waals surface area contributed by atoms with Crippen LogP contribution >= 0.6 is 0 Å². The Labute approximate surface area is 105 Å². The fraction of sp³-hybridized carbons (Fsp3) is 0.667. The van der Waals surface area contributed by atoms with E-state index in [-0.39, 0.29) is 0 Å². The molecule has 1 aliphatic rings. The average molecular weight is 232 g/mol. The third-order valence-corrected chi connectivity index (χ3v) is 4.03. The Kier molecular flexibility index (Phi) is 4.55. The van der Waals surface area contributed by atoms with Crippen molar-refractivity contribution in [3.05, 3.63) is 30.1 Å². The molecule has 1 fully saturated rings. The van der Waals surface area contributed by atoms with Crippen molar-refractivity contribution in [3.63, 3.8) is 0 Å². The van der Waals surface area contributed by atoms with E-state index in [0.717, 1.165) is 11.6 Å². The SMILES string of the molecule is CCC1CCCCC1N[C@H](C)c1ccccn1. The predicted molar refractivity (Wildman–Crippen MR) is 71.8 cm³/mol. The van der Waals surface area contributed by atoms with Crippen LogP contribution in [0.1, 0.15) is 57.7 Å². The summed E-state index contributed by atoms with van der Waals surface area (Å²) >= 11 is 0. The van der Waals surface area contributed by atoms with Gasteiger partial charge in [0.15, 0.2) is 0 Å². The monoisotopic (exact) mass is 232 g/mol. The number of nitrogens with one attached hydrogen (secondary N) is 1. The van der Waals surface area contributed by atoms with E-state index in [2.05, 4.69) is 36.3 Å². The zero-order chi connectivity index (χ0) is 12.1. The first-order valence-electron chi connectivity index (χ1n) is 6.98. The zero-order valence-electron chi connectivity index (χ0n) is 11.0. The number of hydrogen-bond donors (Lipinski definition) is 1. The summed E-state index contributed by atoms with van der Waals surface area (Å²) in [5.41, 5.74) is 1.16. The maximum Gasteiger partial charge on any atom is 0.0570 e. The van der Waals surface area contributed by atoms with Gasteiger partial charge in [-0.1, -0.05) is 32.3 Å². The van der Waals surface area contributed by atoms with Gasteiger partial charge >= 0.3 is 0 Å². The van der Waals surface area contributed by atoms with Crippen LogP contribution in [-0.2, 0) is 0 Å². The Hall–Kier alpha value is -0.890. The standard InChI is InChI=1S/C15H24N2/c1-3-13-8-4-5-10-15(13)17-12(2)14-9-6-7-11-16-14/h6-7,9,11-13,15,17H,3-5,8,10H2,1-2H3/t12-,13?,15?/m1/s1. The molecule has 1 aliphatic carbocycles. The minimum atomic E-state index is 0.369. The molecule has 0 spiro atoms. The summed E-state index contributed by atoms with van der Waals surface area (Å²) in [6.45, 7) is 4.54. The summed E-state index contributed by atoms with van der Waals surface area (Å²) in [6.07, 6.45) is 8.69. The molecule has 0 aromatic carbocycles. The van der Waals surface area contributed by atoms with E-state index in [0.29, 0.717) is 12.1 Å². The molecule has 1 heterocycles. The second kappa shape index (κ2) is 6.15. The zero-order valence-corrected chi connectivity index (χ0v) is 11.0. The number of pyridine rings is 1. The topological polar surface area (TPSA) is 24.9 Å². The van der Waals surface area contributed by atoms with E-state index in [1.165, 1.54) is 32.1 Å². The Morgan fingerprint density at radius 2 is 2.18 bits per heavy atom. The molecule has 1 aromatic rings. The van der Waals surface area contributed by atoms with Crippen molar-refractivity contribution < 1.29 is 0 Å². The van der Waals surface area contributed by atoms with E-state index in [9.17, 15) is 0 Å². The maximum absolute atomic E-state index is 4.43. The van der Waals surface area contributed by atoms with Crippen molar-refractivity contribution in [2.24, 2.45) is 5.92 Å². The summed E-state index contributed by atoms with van der Waals surface area (Å²) in [6, 6.07) is 7.21. The highest BCUT2D eigenvalue weighted by atomic mass is 15.0. The van der Waals surface area contributed by atoms with E-state index in [1.54, 1.807) is 0 Å². The lowest BCUT2D eigenvalue weighted by atomic mass is 9.82. The van der Waals surface area contributed by atoms with Gasteiger partial charge in [0.25, 0.3) is 0 Å². The van der Waals surface area contributed by atoms with Gasteiger partial charge in [0, 0.05) is 18.3 Å². The van der Waals surface area contributed by atoms with E-state index in [1.807, 2.05) is 12.3 Å². The number of aromatic nitrogens is 1. The van der Waals surface area contributed by atoms with Gasteiger partial charge in [-0.15, -0.1) is 0 Å². The smallest absolute Gasteiger partial charge is 0.0570 e. The fourth-order valence-electron chi connectivity index (χ4n) is 2.95. The van der Waals surface area contributed by atoms with Crippen molar-refractivity contribution in [3.8, 4) is 0 Å². The number of rotatable bonds is 4. The van der Waals surface area contributed by atoms with E-state index in [4.69, 9.17) is 0 Å². The van der Waals surface area contributed by atoms with Crippen molar-refractivity contribution in [1.29, 1.82) is 0 Å². The predicted octanol–water partition coefficient (Wildman–Crippen LogP) is 3.70. The quantitative estimate of drug-likeness (QED) is 0.856. The van der Waals surface area contributed by atoms with Gasteiger partial charge in [-0.2, -0.15) is 0 Å². The molecular formula is C15H24N2. The first kappa shape index (κ1) is 12.6. The van der Waals surface area contributed by atoms with E-state index >= 15 is 0 Å². The number of nitrogens with zero attached hydrogens (tertiary/aromatic N) is 1. The molecule has 3 atom stereocenters.